The summed E-state index contributed by atoms with van der Waals surface area (Å²) in [5, 5.41) is 27.7. The molecule has 7 heteroatoms. The molecule has 1 aromatic carbocycles. The zero-order chi connectivity index (χ0) is 22.0. The fraction of sp³-hybridized carbons (Fsp3) is 0.458. The average molecular weight is 419 g/mol. The summed E-state index contributed by atoms with van der Waals surface area (Å²) in [7, 11) is 0. The Balaban J connectivity index is 1.44. The van der Waals surface area contributed by atoms with Gasteiger partial charge >= 0.3 is 0 Å². The predicted octanol–water partition coefficient (Wildman–Crippen LogP) is 4.14. The second-order valence-electron chi connectivity index (χ2n) is 9.15. The molecule has 0 radical (unpaired) electrons. The summed E-state index contributed by atoms with van der Waals surface area (Å²) in [6, 6.07) is 10.7. The van der Waals surface area contributed by atoms with Crippen molar-refractivity contribution in [2.75, 3.05) is 17.2 Å². The van der Waals surface area contributed by atoms with Gasteiger partial charge in [-0.2, -0.15) is 10.2 Å². The zero-order valence-electron chi connectivity index (χ0n) is 18.4. The van der Waals surface area contributed by atoms with E-state index in [0.29, 0.717) is 23.9 Å². The number of rotatable bonds is 6. The van der Waals surface area contributed by atoms with Crippen molar-refractivity contribution in [3.8, 4) is 6.07 Å². The van der Waals surface area contributed by atoms with Gasteiger partial charge < -0.3 is 20.7 Å². The molecule has 0 spiro atoms. The highest BCUT2D eigenvalue weighted by molar-refractivity contribution is 5.84. The first-order chi connectivity index (χ1) is 14.9. The largest absolute Gasteiger partial charge is 0.393 e. The minimum atomic E-state index is -0.295. The molecule has 0 amide bonds. The first-order valence-electron chi connectivity index (χ1n) is 10.9. The van der Waals surface area contributed by atoms with E-state index >= 15 is 0 Å². The van der Waals surface area contributed by atoms with E-state index in [-0.39, 0.29) is 17.6 Å². The molecule has 0 aliphatic heterocycles. The maximum Gasteiger partial charge on any atom is 0.224 e. The van der Waals surface area contributed by atoms with E-state index in [4.69, 9.17) is 0 Å². The van der Waals surface area contributed by atoms with E-state index in [9.17, 15) is 10.4 Å². The monoisotopic (exact) mass is 418 g/mol. The minimum Gasteiger partial charge on any atom is -0.393 e. The Hall–Kier alpha value is -3.11. The third-order valence-electron chi connectivity index (χ3n) is 6.40. The number of aryl methyl sites for hydroxylation is 1. The van der Waals surface area contributed by atoms with Gasteiger partial charge in [-0.1, -0.05) is 32.0 Å². The number of para-hydroxylation sites is 1. The fourth-order valence-electron chi connectivity index (χ4n) is 4.55. The second kappa shape index (κ2) is 8.56. The number of aromatic amines is 1. The number of hydrogen-bond acceptors (Lipinski definition) is 6. The molecule has 2 aromatic heterocycles. The molecule has 2 heterocycles. The smallest absolute Gasteiger partial charge is 0.224 e. The van der Waals surface area contributed by atoms with Gasteiger partial charge in [-0.05, 0) is 49.7 Å². The van der Waals surface area contributed by atoms with Crippen LogP contribution in [0.15, 0.2) is 30.5 Å². The second-order valence-corrected chi connectivity index (χ2v) is 9.15. The third kappa shape index (κ3) is 4.49. The summed E-state index contributed by atoms with van der Waals surface area (Å²) >= 11 is 0. The summed E-state index contributed by atoms with van der Waals surface area (Å²) < 4.78 is 0. The normalized spacial score (nSPS) is 20.4. The molecule has 2 atom stereocenters. The first-order valence-corrected chi connectivity index (χ1v) is 10.9. The van der Waals surface area contributed by atoms with Gasteiger partial charge in [0.05, 0.1) is 12.3 Å². The Morgan fingerprint density at radius 2 is 2.10 bits per heavy atom. The molecule has 3 aromatic rings. The van der Waals surface area contributed by atoms with Crippen LogP contribution in [0.3, 0.4) is 0 Å². The lowest BCUT2D eigenvalue weighted by atomic mass is 9.73. The van der Waals surface area contributed by atoms with Gasteiger partial charge in [-0.3, -0.25) is 0 Å². The summed E-state index contributed by atoms with van der Waals surface area (Å²) in [6.07, 6.45) is 4.53. The van der Waals surface area contributed by atoms with Crippen LogP contribution < -0.4 is 10.6 Å². The van der Waals surface area contributed by atoms with Crippen LogP contribution in [0.1, 0.15) is 49.9 Å². The van der Waals surface area contributed by atoms with Gasteiger partial charge in [-0.15, -0.1) is 0 Å². The summed E-state index contributed by atoms with van der Waals surface area (Å²) in [4.78, 5) is 12.3. The highest BCUT2D eigenvalue weighted by Gasteiger charge is 2.35. The molecule has 1 aliphatic rings. The van der Waals surface area contributed by atoms with E-state index in [1.807, 2.05) is 6.07 Å². The van der Waals surface area contributed by atoms with Gasteiger partial charge in [0.25, 0.3) is 0 Å². The highest BCUT2D eigenvalue weighted by Crippen LogP contribution is 2.37. The highest BCUT2D eigenvalue weighted by atomic mass is 16.3. The number of nitrogens with zero attached hydrogens (tertiary/aromatic N) is 3. The van der Waals surface area contributed by atoms with Crippen molar-refractivity contribution in [1.82, 2.24) is 15.0 Å². The van der Waals surface area contributed by atoms with E-state index in [1.54, 1.807) is 6.20 Å². The number of nitriles is 1. The molecular formula is C24H30N6O. The van der Waals surface area contributed by atoms with Gasteiger partial charge in [0, 0.05) is 29.2 Å². The Bertz CT molecular complexity index is 1110. The average Bonchev–Trinajstić information content (AvgIpc) is 3.06. The molecule has 4 N–H and O–H groups in total. The Labute approximate surface area is 182 Å². The molecule has 31 heavy (non-hydrogen) atoms. The number of benzene rings is 1. The van der Waals surface area contributed by atoms with Crippen LogP contribution in [0.25, 0.3) is 10.9 Å². The Kier molecular flexibility index (Phi) is 5.84. The Morgan fingerprint density at radius 1 is 1.29 bits per heavy atom. The topological polar surface area (TPSA) is 110 Å². The summed E-state index contributed by atoms with van der Waals surface area (Å²) in [5.41, 5.74) is 3.89. The van der Waals surface area contributed by atoms with Crippen molar-refractivity contribution in [2.45, 2.75) is 58.6 Å². The van der Waals surface area contributed by atoms with Crippen LogP contribution in [0, 0.1) is 23.7 Å². The van der Waals surface area contributed by atoms with E-state index in [1.165, 1.54) is 16.6 Å². The molecule has 1 aliphatic carbocycles. The molecule has 0 unspecified atom stereocenters. The van der Waals surface area contributed by atoms with Gasteiger partial charge in [0.15, 0.2) is 0 Å². The van der Waals surface area contributed by atoms with Gasteiger partial charge in [-0.25, -0.2) is 4.98 Å². The fourth-order valence-corrected chi connectivity index (χ4v) is 4.55. The van der Waals surface area contributed by atoms with Crippen molar-refractivity contribution in [3.05, 3.63) is 47.3 Å². The van der Waals surface area contributed by atoms with E-state index < -0.39 is 0 Å². The minimum absolute atomic E-state index is 0.159. The van der Waals surface area contributed by atoms with Crippen molar-refractivity contribution in [1.29, 1.82) is 5.26 Å². The maximum absolute atomic E-state index is 10.2. The number of aliphatic hydroxyl groups excluding tert-OH is 1. The number of nitrogens with one attached hydrogen (secondary N) is 3. The van der Waals surface area contributed by atoms with E-state index in [2.05, 4.69) is 70.6 Å². The van der Waals surface area contributed by atoms with Gasteiger partial charge in [0.2, 0.25) is 5.95 Å². The standard InChI is InChI=1S/C24H30N6O/c1-15-18(19-6-4-5-7-20(19)28-15)10-11-26-23-27-14-16(13-25)22(30-23)29-17-8-9-21(31)24(2,3)12-17/h4-7,14,17,21,28,31H,8-12H2,1-3H3,(H2,26,27,29,30)/t17-,21+/m1/s1. The van der Waals surface area contributed by atoms with Crippen LogP contribution in [-0.2, 0) is 6.42 Å². The predicted molar refractivity (Wildman–Crippen MR) is 123 cm³/mol. The molecular weight excluding hydrogens is 388 g/mol. The molecule has 1 saturated carbocycles. The molecule has 0 bridgehead atoms. The third-order valence-corrected chi connectivity index (χ3v) is 6.40. The number of H-pyrrole nitrogens is 1. The summed E-state index contributed by atoms with van der Waals surface area (Å²) in [5.74, 6) is 1.06. The Morgan fingerprint density at radius 3 is 2.87 bits per heavy atom. The number of aromatic nitrogens is 3. The molecule has 162 valence electrons. The zero-order valence-corrected chi connectivity index (χ0v) is 18.4. The van der Waals surface area contributed by atoms with Crippen LogP contribution in [0.2, 0.25) is 0 Å². The van der Waals surface area contributed by atoms with Crippen molar-refractivity contribution in [3.63, 3.8) is 0 Å². The quantitative estimate of drug-likeness (QED) is 0.479. The lowest BCUT2D eigenvalue weighted by Gasteiger charge is -2.40. The van der Waals surface area contributed by atoms with E-state index in [0.717, 1.165) is 31.2 Å². The lowest BCUT2D eigenvalue weighted by molar-refractivity contribution is 0.00926. The van der Waals surface area contributed by atoms with Crippen LogP contribution in [-0.4, -0.2) is 38.7 Å². The molecule has 7 nitrogen and oxygen atoms in total. The number of anilines is 2. The summed E-state index contributed by atoms with van der Waals surface area (Å²) in [6.45, 7) is 6.95. The molecule has 1 fully saturated rings. The molecule has 0 saturated heterocycles. The van der Waals surface area contributed by atoms with Crippen LogP contribution >= 0.6 is 0 Å². The van der Waals surface area contributed by atoms with Crippen LogP contribution in [0.4, 0.5) is 11.8 Å². The lowest BCUT2D eigenvalue weighted by Crippen LogP contribution is -2.41. The number of fused-ring (bicyclic) bond motifs is 1. The van der Waals surface area contributed by atoms with Gasteiger partial charge in [0.1, 0.15) is 17.5 Å². The molecule has 4 rings (SSSR count). The van der Waals surface area contributed by atoms with Crippen molar-refractivity contribution in [2.24, 2.45) is 5.41 Å². The first kappa shape index (κ1) is 21.1. The van der Waals surface area contributed by atoms with Crippen molar-refractivity contribution < 1.29 is 5.11 Å². The SMILES string of the molecule is Cc1[nH]c2ccccc2c1CCNc1ncc(C#N)c(N[C@@H]2CC[C@H](O)C(C)(C)C2)n1. The number of hydrogen-bond donors (Lipinski definition) is 4. The van der Waals surface area contributed by atoms with Crippen molar-refractivity contribution >= 4 is 22.7 Å². The van der Waals surface area contributed by atoms with Crippen LogP contribution in [0.5, 0.6) is 0 Å². The number of aliphatic hydroxyl groups is 1. The maximum atomic E-state index is 10.2.